The van der Waals surface area contributed by atoms with Crippen LogP contribution in [-0.2, 0) is 6.54 Å². The lowest BCUT2D eigenvalue weighted by Gasteiger charge is -2.18. The van der Waals surface area contributed by atoms with Crippen LogP contribution >= 0.6 is 11.3 Å². The summed E-state index contributed by atoms with van der Waals surface area (Å²) < 4.78 is 0. The average molecular weight is 327 g/mol. The quantitative estimate of drug-likeness (QED) is 0.696. The Morgan fingerprint density at radius 2 is 2.00 bits per heavy atom. The van der Waals surface area contributed by atoms with Gasteiger partial charge in [-0.25, -0.2) is 0 Å². The molecule has 1 atom stereocenters. The lowest BCUT2D eigenvalue weighted by atomic mass is 10.1. The topological polar surface area (TPSA) is 52.1 Å². The normalized spacial score (nSPS) is 12.7. The molecule has 0 saturated heterocycles. The zero-order valence-corrected chi connectivity index (χ0v) is 14.0. The molecule has 0 saturated carbocycles. The molecular weight excluding hydrogens is 306 g/mol. The molecule has 120 valence electrons. The maximum atomic E-state index is 10.2. The molecule has 0 spiro atoms. The van der Waals surface area contributed by atoms with Crippen molar-refractivity contribution in [2.75, 3.05) is 13.6 Å². The number of H-pyrrole nitrogens is 1. The molecule has 2 heterocycles. The van der Waals surface area contributed by atoms with Crippen LogP contribution in [0, 0.1) is 0 Å². The Labute approximate surface area is 140 Å². The van der Waals surface area contributed by atoms with Gasteiger partial charge in [0.2, 0.25) is 0 Å². The second kappa shape index (κ2) is 7.55. The standard InChI is InChI=1S/C18H21N3OS/c1-21(12-10-17(22)14-5-3-2-4-6-14)13-15-7-8-18(23-15)16-9-11-19-20-16/h2-9,11,17,22H,10,12-13H2,1H3,(H,19,20). The summed E-state index contributed by atoms with van der Waals surface area (Å²) in [5.41, 5.74) is 2.04. The van der Waals surface area contributed by atoms with E-state index in [0.29, 0.717) is 0 Å². The van der Waals surface area contributed by atoms with Gasteiger partial charge < -0.3 is 10.0 Å². The van der Waals surface area contributed by atoms with Crippen molar-refractivity contribution < 1.29 is 5.11 Å². The summed E-state index contributed by atoms with van der Waals surface area (Å²) in [5, 5.41) is 17.2. The first-order valence-corrected chi connectivity index (χ1v) is 8.54. The van der Waals surface area contributed by atoms with Gasteiger partial charge >= 0.3 is 0 Å². The van der Waals surface area contributed by atoms with Crippen LogP contribution in [0.4, 0.5) is 0 Å². The van der Waals surface area contributed by atoms with E-state index in [0.717, 1.165) is 30.8 Å². The number of nitrogens with zero attached hydrogens (tertiary/aromatic N) is 2. The van der Waals surface area contributed by atoms with Gasteiger partial charge in [0, 0.05) is 24.2 Å². The molecule has 0 amide bonds. The van der Waals surface area contributed by atoms with Crippen molar-refractivity contribution in [3.63, 3.8) is 0 Å². The molecule has 0 aliphatic heterocycles. The van der Waals surface area contributed by atoms with E-state index in [9.17, 15) is 5.11 Å². The summed E-state index contributed by atoms with van der Waals surface area (Å²) in [6.45, 7) is 1.74. The summed E-state index contributed by atoms with van der Waals surface area (Å²) in [6, 6.07) is 16.1. The summed E-state index contributed by atoms with van der Waals surface area (Å²) >= 11 is 1.77. The highest BCUT2D eigenvalue weighted by Crippen LogP contribution is 2.27. The summed E-state index contributed by atoms with van der Waals surface area (Å²) in [4.78, 5) is 4.76. The van der Waals surface area contributed by atoms with Crippen LogP contribution in [0.25, 0.3) is 10.6 Å². The highest BCUT2D eigenvalue weighted by atomic mass is 32.1. The third-order valence-corrected chi connectivity index (χ3v) is 4.93. The molecule has 0 aliphatic rings. The van der Waals surface area contributed by atoms with Gasteiger partial charge in [0.15, 0.2) is 0 Å². The maximum absolute atomic E-state index is 10.2. The van der Waals surface area contributed by atoms with Crippen LogP contribution in [0.15, 0.2) is 54.7 Å². The molecule has 2 aromatic heterocycles. The molecule has 3 aromatic rings. The molecule has 0 bridgehead atoms. The minimum Gasteiger partial charge on any atom is -0.388 e. The van der Waals surface area contributed by atoms with E-state index in [1.807, 2.05) is 36.4 Å². The first kappa shape index (κ1) is 15.9. The van der Waals surface area contributed by atoms with Crippen molar-refractivity contribution in [3.8, 4) is 10.6 Å². The largest absolute Gasteiger partial charge is 0.388 e. The molecule has 0 aliphatic carbocycles. The molecule has 3 rings (SSSR count). The number of aliphatic hydroxyl groups is 1. The Morgan fingerprint density at radius 3 is 2.74 bits per heavy atom. The van der Waals surface area contributed by atoms with Crippen molar-refractivity contribution in [1.82, 2.24) is 15.1 Å². The molecular formula is C18H21N3OS. The van der Waals surface area contributed by atoms with Crippen molar-refractivity contribution in [2.45, 2.75) is 19.1 Å². The Bertz CT molecular complexity index is 709. The zero-order chi connectivity index (χ0) is 16.1. The van der Waals surface area contributed by atoms with Gasteiger partial charge in [0.25, 0.3) is 0 Å². The fraction of sp³-hybridized carbons (Fsp3) is 0.278. The van der Waals surface area contributed by atoms with Crippen LogP contribution in [0.3, 0.4) is 0 Å². The fourth-order valence-corrected chi connectivity index (χ4v) is 3.59. The van der Waals surface area contributed by atoms with Crippen LogP contribution in [0.5, 0.6) is 0 Å². The Morgan fingerprint density at radius 1 is 1.17 bits per heavy atom. The molecule has 0 radical (unpaired) electrons. The van der Waals surface area contributed by atoms with Crippen molar-refractivity contribution in [3.05, 3.63) is 65.2 Å². The number of aliphatic hydroxyl groups excluding tert-OH is 1. The summed E-state index contributed by atoms with van der Waals surface area (Å²) in [6.07, 6.45) is 2.10. The number of thiophene rings is 1. The predicted octanol–water partition coefficient (Wildman–Crippen LogP) is 3.69. The number of aromatic amines is 1. The van der Waals surface area contributed by atoms with E-state index >= 15 is 0 Å². The maximum Gasteiger partial charge on any atom is 0.0802 e. The Balaban J connectivity index is 1.51. The van der Waals surface area contributed by atoms with Gasteiger partial charge in [-0.1, -0.05) is 30.3 Å². The van der Waals surface area contributed by atoms with E-state index in [1.165, 1.54) is 9.75 Å². The lowest BCUT2D eigenvalue weighted by molar-refractivity contribution is 0.148. The van der Waals surface area contributed by atoms with Crippen LogP contribution in [0.1, 0.15) is 23.0 Å². The first-order chi connectivity index (χ1) is 11.2. The van der Waals surface area contributed by atoms with Gasteiger partial charge in [-0.3, -0.25) is 5.10 Å². The summed E-state index contributed by atoms with van der Waals surface area (Å²) in [7, 11) is 2.09. The van der Waals surface area contributed by atoms with E-state index < -0.39 is 6.10 Å². The molecule has 1 unspecified atom stereocenters. The molecule has 1 aromatic carbocycles. The van der Waals surface area contributed by atoms with Gasteiger partial charge in [-0.2, -0.15) is 5.10 Å². The van der Waals surface area contributed by atoms with Crippen LogP contribution in [-0.4, -0.2) is 33.8 Å². The highest BCUT2D eigenvalue weighted by molar-refractivity contribution is 7.15. The number of aromatic nitrogens is 2. The monoisotopic (exact) mass is 327 g/mol. The van der Waals surface area contributed by atoms with Gasteiger partial charge in [0.1, 0.15) is 0 Å². The third kappa shape index (κ3) is 4.28. The van der Waals surface area contributed by atoms with Crippen molar-refractivity contribution >= 4 is 11.3 Å². The molecule has 0 fully saturated rings. The second-order valence-corrected chi connectivity index (χ2v) is 6.86. The average Bonchev–Trinajstić information content (AvgIpc) is 3.24. The van der Waals surface area contributed by atoms with E-state index in [4.69, 9.17) is 0 Å². The smallest absolute Gasteiger partial charge is 0.0802 e. The van der Waals surface area contributed by atoms with E-state index in [-0.39, 0.29) is 0 Å². The molecule has 5 heteroatoms. The molecule has 23 heavy (non-hydrogen) atoms. The van der Waals surface area contributed by atoms with Crippen molar-refractivity contribution in [2.24, 2.45) is 0 Å². The third-order valence-electron chi connectivity index (χ3n) is 3.82. The van der Waals surface area contributed by atoms with Crippen LogP contribution in [0.2, 0.25) is 0 Å². The van der Waals surface area contributed by atoms with Crippen LogP contribution < -0.4 is 0 Å². The van der Waals surface area contributed by atoms with E-state index in [1.54, 1.807) is 17.5 Å². The molecule has 2 N–H and O–H groups in total. The van der Waals surface area contributed by atoms with Gasteiger partial charge in [-0.15, -0.1) is 11.3 Å². The number of hydrogen-bond acceptors (Lipinski definition) is 4. The molecule has 4 nitrogen and oxygen atoms in total. The lowest BCUT2D eigenvalue weighted by Crippen LogP contribution is -2.20. The minimum absolute atomic E-state index is 0.400. The minimum atomic E-state index is -0.400. The number of benzene rings is 1. The SMILES string of the molecule is CN(CCC(O)c1ccccc1)Cc1ccc(-c2ccn[nH]2)s1. The number of nitrogens with one attached hydrogen (secondary N) is 1. The predicted molar refractivity (Wildman–Crippen MR) is 94.3 cm³/mol. The zero-order valence-electron chi connectivity index (χ0n) is 13.1. The number of rotatable bonds is 7. The fourth-order valence-electron chi connectivity index (χ4n) is 2.53. The Hall–Kier alpha value is -1.95. The second-order valence-electron chi connectivity index (χ2n) is 5.69. The number of hydrogen-bond donors (Lipinski definition) is 2. The summed E-state index contributed by atoms with van der Waals surface area (Å²) in [5.74, 6) is 0. The highest BCUT2D eigenvalue weighted by Gasteiger charge is 2.10. The van der Waals surface area contributed by atoms with Crippen molar-refractivity contribution in [1.29, 1.82) is 0 Å². The van der Waals surface area contributed by atoms with Gasteiger partial charge in [0.05, 0.1) is 16.7 Å². The Kier molecular flexibility index (Phi) is 5.23. The van der Waals surface area contributed by atoms with E-state index in [2.05, 4.69) is 34.3 Å². The van der Waals surface area contributed by atoms with Gasteiger partial charge in [-0.05, 0) is 37.2 Å². The first-order valence-electron chi connectivity index (χ1n) is 7.72.